The van der Waals surface area contributed by atoms with E-state index in [0.717, 1.165) is 11.1 Å². The van der Waals surface area contributed by atoms with Crippen LogP contribution < -0.4 is 16.0 Å². The van der Waals surface area contributed by atoms with Gasteiger partial charge in [-0.25, -0.2) is 4.68 Å². The van der Waals surface area contributed by atoms with Gasteiger partial charge in [-0.3, -0.25) is 4.79 Å². The van der Waals surface area contributed by atoms with Crippen LogP contribution in [0.5, 0.6) is 5.75 Å². The first-order valence-corrected chi connectivity index (χ1v) is 7.03. The number of hydrogen-bond donors (Lipinski definition) is 1. The molecule has 1 aromatic heterocycles. The van der Waals surface area contributed by atoms with E-state index in [1.807, 2.05) is 25.1 Å². The number of aryl methyl sites for hydroxylation is 2. The summed E-state index contributed by atoms with van der Waals surface area (Å²) in [5.41, 5.74) is 7.12. The van der Waals surface area contributed by atoms with E-state index in [4.69, 9.17) is 22.7 Å². The smallest absolute Gasteiger partial charge is 0.266 e. The third-order valence-corrected chi connectivity index (χ3v) is 3.14. The Kier molecular flexibility index (Phi) is 5.05. The van der Waals surface area contributed by atoms with Crippen molar-refractivity contribution in [3.05, 3.63) is 58.0 Å². The van der Waals surface area contributed by atoms with Gasteiger partial charge < -0.3 is 10.5 Å². The maximum atomic E-state index is 11.7. The molecule has 1 aromatic carbocycles. The third-order valence-electron chi connectivity index (χ3n) is 2.91. The molecule has 2 rings (SSSR count). The number of rotatable bonds is 6. The molecule has 110 valence electrons. The van der Waals surface area contributed by atoms with Crippen LogP contribution in [0.15, 0.2) is 41.3 Å². The highest BCUT2D eigenvalue weighted by atomic mass is 32.1. The number of hydrogen-bond acceptors (Lipinski definition) is 4. The molecule has 0 aliphatic heterocycles. The standard InChI is InChI=1S/C15H17N3O2S/c1-11-8-14(19)18(17-10-11)6-3-7-20-13-5-2-4-12(9-13)15(16)21/h2,4-5,8-10H,3,6-7H2,1H3,(H2,16,21). The molecule has 6 heteroatoms. The molecular formula is C15H17N3O2S. The summed E-state index contributed by atoms with van der Waals surface area (Å²) in [6.07, 6.45) is 2.36. The maximum absolute atomic E-state index is 11.7. The van der Waals surface area contributed by atoms with Crippen molar-refractivity contribution in [1.82, 2.24) is 9.78 Å². The average molecular weight is 303 g/mol. The normalized spacial score (nSPS) is 10.3. The molecule has 21 heavy (non-hydrogen) atoms. The molecule has 0 bridgehead atoms. The molecule has 1 heterocycles. The molecular weight excluding hydrogens is 286 g/mol. The summed E-state index contributed by atoms with van der Waals surface area (Å²) >= 11 is 4.92. The lowest BCUT2D eigenvalue weighted by atomic mass is 10.2. The van der Waals surface area contributed by atoms with Gasteiger partial charge in [0.2, 0.25) is 0 Å². The van der Waals surface area contributed by atoms with E-state index in [1.54, 1.807) is 18.3 Å². The van der Waals surface area contributed by atoms with Gasteiger partial charge in [-0.05, 0) is 24.6 Å². The molecule has 2 N–H and O–H groups in total. The van der Waals surface area contributed by atoms with Crippen LogP contribution in [0.4, 0.5) is 0 Å². The van der Waals surface area contributed by atoms with Crippen molar-refractivity contribution in [3.63, 3.8) is 0 Å². The molecule has 0 fully saturated rings. The van der Waals surface area contributed by atoms with E-state index in [9.17, 15) is 4.79 Å². The molecule has 0 saturated heterocycles. The van der Waals surface area contributed by atoms with Crippen LogP contribution in [0.3, 0.4) is 0 Å². The Labute approximate surface area is 128 Å². The summed E-state index contributed by atoms with van der Waals surface area (Å²) in [5, 5.41) is 4.07. The van der Waals surface area contributed by atoms with E-state index in [-0.39, 0.29) is 5.56 Å². The van der Waals surface area contributed by atoms with Gasteiger partial charge >= 0.3 is 0 Å². The number of aromatic nitrogens is 2. The SMILES string of the molecule is Cc1cnn(CCCOc2cccc(C(N)=S)c2)c(=O)c1. The van der Waals surface area contributed by atoms with Crippen molar-refractivity contribution in [2.75, 3.05) is 6.61 Å². The fourth-order valence-electron chi connectivity index (χ4n) is 1.84. The number of thiocarbonyl (C=S) groups is 1. The highest BCUT2D eigenvalue weighted by Gasteiger charge is 2.01. The van der Waals surface area contributed by atoms with Crippen LogP contribution in [0.1, 0.15) is 17.5 Å². The Morgan fingerprint density at radius 1 is 1.43 bits per heavy atom. The maximum Gasteiger partial charge on any atom is 0.266 e. The van der Waals surface area contributed by atoms with E-state index >= 15 is 0 Å². The zero-order chi connectivity index (χ0) is 15.2. The summed E-state index contributed by atoms with van der Waals surface area (Å²) in [5.74, 6) is 0.713. The average Bonchev–Trinajstić information content (AvgIpc) is 2.45. The summed E-state index contributed by atoms with van der Waals surface area (Å²) in [4.78, 5) is 12.0. The zero-order valence-electron chi connectivity index (χ0n) is 11.8. The topological polar surface area (TPSA) is 70.1 Å². The van der Waals surface area contributed by atoms with E-state index in [1.165, 1.54) is 4.68 Å². The van der Waals surface area contributed by atoms with Crippen molar-refractivity contribution < 1.29 is 4.74 Å². The minimum Gasteiger partial charge on any atom is -0.494 e. The van der Waals surface area contributed by atoms with E-state index < -0.39 is 0 Å². The number of nitrogens with two attached hydrogens (primary N) is 1. The first-order valence-electron chi connectivity index (χ1n) is 6.63. The van der Waals surface area contributed by atoms with Gasteiger partial charge in [0.25, 0.3) is 5.56 Å². The molecule has 0 amide bonds. The Morgan fingerprint density at radius 3 is 2.95 bits per heavy atom. The molecule has 5 nitrogen and oxygen atoms in total. The van der Waals surface area contributed by atoms with Gasteiger partial charge in [-0.2, -0.15) is 5.10 Å². The Bertz CT molecular complexity index is 697. The molecule has 0 aliphatic rings. The fourth-order valence-corrected chi connectivity index (χ4v) is 1.96. The summed E-state index contributed by atoms with van der Waals surface area (Å²) in [6, 6.07) is 8.90. The van der Waals surface area contributed by atoms with Crippen LogP contribution in [-0.4, -0.2) is 21.4 Å². The Morgan fingerprint density at radius 2 is 2.24 bits per heavy atom. The molecule has 0 saturated carbocycles. The lowest BCUT2D eigenvalue weighted by Crippen LogP contribution is -2.23. The first-order chi connectivity index (χ1) is 10.1. The van der Waals surface area contributed by atoms with Crippen LogP contribution in [0.25, 0.3) is 0 Å². The summed E-state index contributed by atoms with van der Waals surface area (Å²) < 4.78 is 7.06. The molecule has 0 radical (unpaired) electrons. The molecule has 0 unspecified atom stereocenters. The lowest BCUT2D eigenvalue weighted by Gasteiger charge is -2.08. The zero-order valence-corrected chi connectivity index (χ0v) is 12.6. The molecule has 0 spiro atoms. The van der Waals surface area contributed by atoms with E-state index in [2.05, 4.69) is 5.10 Å². The summed E-state index contributed by atoms with van der Waals surface area (Å²) in [7, 11) is 0. The van der Waals surface area contributed by atoms with Gasteiger partial charge in [0.15, 0.2) is 0 Å². The van der Waals surface area contributed by atoms with Gasteiger partial charge in [-0.1, -0.05) is 24.4 Å². The van der Waals surface area contributed by atoms with Crippen LogP contribution in [-0.2, 0) is 6.54 Å². The minimum atomic E-state index is -0.0922. The van der Waals surface area contributed by atoms with Gasteiger partial charge in [0.1, 0.15) is 10.7 Å². The quantitative estimate of drug-likeness (QED) is 0.649. The number of nitrogens with zero attached hydrogens (tertiary/aromatic N) is 2. The van der Waals surface area contributed by atoms with Gasteiger partial charge in [0.05, 0.1) is 12.8 Å². The number of ether oxygens (including phenoxy) is 1. The first kappa shape index (κ1) is 15.2. The van der Waals surface area contributed by atoms with Crippen molar-refractivity contribution in [2.24, 2.45) is 5.73 Å². The van der Waals surface area contributed by atoms with Gasteiger partial charge in [0, 0.05) is 24.6 Å². The minimum absolute atomic E-state index is 0.0922. The van der Waals surface area contributed by atoms with Crippen LogP contribution in [0.2, 0.25) is 0 Å². The highest BCUT2D eigenvalue weighted by molar-refractivity contribution is 7.80. The summed E-state index contributed by atoms with van der Waals surface area (Å²) in [6.45, 7) is 2.85. The number of benzene rings is 1. The second-order valence-corrected chi connectivity index (χ2v) is 5.13. The second-order valence-electron chi connectivity index (χ2n) is 4.69. The van der Waals surface area contributed by atoms with Crippen molar-refractivity contribution >= 4 is 17.2 Å². The van der Waals surface area contributed by atoms with Gasteiger partial charge in [-0.15, -0.1) is 0 Å². The lowest BCUT2D eigenvalue weighted by molar-refractivity contribution is 0.297. The largest absolute Gasteiger partial charge is 0.494 e. The fraction of sp³-hybridized carbons (Fsp3) is 0.267. The predicted octanol–water partition coefficient (Wildman–Crippen LogP) is 1.66. The third kappa shape index (κ3) is 4.39. The van der Waals surface area contributed by atoms with Crippen molar-refractivity contribution in [2.45, 2.75) is 19.9 Å². The highest BCUT2D eigenvalue weighted by Crippen LogP contribution is 2.13. The second kappa shape index (κ2) is 6.99. The monoisotopic (exact) mass is 303 g/mol. The predicted molar refractivity (Wildman–Crippen MR) is 85.7 cm³/mol. The molecule has 0 atom stereocenters. The molecule has 2 aromatic rings. The van der Waals surface area contributed by atoms with E-state index in [0.29, 0.717) is 30.3 Å². The van der Waals surface area contributed by atoms with Crippen LogP contribution >= 0.6 is 12.2 Å². The van der Waals surface area contributed by atoms with Crippen molar-refractivity contribution in [3.8, 4) is 5.75 Å². The van der Waals surface area contributed by atoms with Crippen LogP contribution in [0, 0.1) is 6.92 Å². The molecule has 0 aliphatic carbocycles. The van der Waals surface area contributed by atoms with Crippen molar-refractivity contribution in [1.29, 1.82) is 0 Å². The Hall–Kier alpha value is -2.21. The Balaban J connectivity index is 1.86.